The second kappa shape index (κ2) is 6.99. The lowest BCUT2D eigenvalue weighted by atomic mass is 10.1. The molecule has 1 fully saturated rings. The molecule has 0 radical (unpaired) electrons. The molecule has 1 saturated carbocycles. The second-order valence-corrected chi connectivity index (χ2v) is 5.27. The highest BCUT2D eigenvalue weighted by Gasteiger charge is 2.35. The van der Waals surface area contributed by atoms with E-state index in [1.807, 2.05) is 0 Å². The summed E-state index contributed by atoms with van der Waals surface area (Å²) in [7, 11) is 0. The molecule has 0 saturated heterocycles. The number of carbonyl (C=O) groups excluding carboxylic acids is 2. The van der Waals surface area contributed by atoms with Crippen LogP contribution >= 0.6 is 0 Å². The Hall–Kier alpha value is -2.09. The minimum Gasteiger partial charge on any atom is -0.395 e. The van der Waals surface area contributed by atoms with E-state index in [0.717, 1.165) is 25.0 Å². The van der Waals surface area contributed by atoms with Crippen LogP contribution in [0.4, 0.5) is 13.2 Å². The lowest BCUT2D eigenvalue weighted by Gasteiger charge is -2.21. The lowest BCUT2D eigenvalue weighted by Crippen LogP contribution is -2.42. The van der Waals surface area contributed by atoms with Crippen LogP contribution in [0.3, 0.4) is 0 Å². The molecule has 1 aliphatic carbocycles. The molecule has 2 amide bonds. The predicted molar refractivity (Wildman–Crippen MR) is 75.6 cm³/mol. The average molecular weight is 330 g/mol. The number of rotatable bonds is 6. The number of halogens is 3. The molecule has 1 aromatic rings. The van der Waals surface area contributed by atoms with Crippen molar-refractivity contribution in [1.29, 1.82) is 0 Å². The van der Waals surface area contributed by atoms with Gasteiger partial charge in [-0.25, -0.2) is 0 Å². The zero-order valence-corrected chi connectivity index (χ0v) is 12.3. The molecule has 0 atom stereocenters. The van der Waals surface area contributed by atoms with Crippen molar-refractivity contribution in [1.82, 2.24) is 10.2 Å². The minimum atomic E-state index is -4.64. The smallest absolute Gasteiger partial charge is 0.395 e. The number of hydrogen-bond acceptors (Lipinski definition) is 3. The number of amides is 2. The molecule has 126 valence electrons. The quantitative estimate of drug-likeness (QED) is 0.829. The molecule has 0 bridgehead atoms. The molecule has 1 aromatic carbocycles. The van der Waals surface area contributed by atoms with Crippen molar-refractivity contribution in [3.8, 4) is 0 Å². The second-order valence-electron chi connectivity index (χ2n) is 5.27. The zero-order valence-electron chi connectivity index (χ0n) is 12.3. The standard InChI is InChI=1S/C15H17F3N2O3/c16-15(17,18)12-4-2-1-3-11(12)14(23)19-9-13(22)20(7-8-21)10-5-6-10/h1-4,10,21H,5-9H2,(H,19,23). The Bertz CT molecular complexity index is 586. The van der Waals surface area contributed by atoms with Crippen molar-refractivity contribution in [2.24, 2.45) is 0 Å². The van der Waals surface area contributed by atoms with Gasteiger partial charge in [0.1, 0.15) is 0 Å². The van der Waals surface area contributed by atoms with Gasteiger partial charge in [-0.2, -0.15) is 13.2 Å². The highest BCUT2D eigenvalue weighted by atomic mass is 19.4. The number of alkyl halides is 3. The molecule has 0 unspecified atom stereocenters. The maximum Gasteiger partial charge on any atom is 0.417 e. The molecule has 23 heavy (non-hydrogen) atoms. The van der Waals surface area contributed by atoms with Crippen molar-refractivity contribution in [2.45, 2.75) is 25.1 Å². The van der Waals surface area contributed by atoms with Crippen molar-refractivity contribution >= 4 is 11.8 Å². The first-order valence-electron chi connectivity index (χ1n) is 7.19. The third kappa shape index (κ3) is 4.44. The third-order valence-electron chi connectivity index (χ3n) is 3.53. The molecular weight excluding hydrogens is 313 g/mol. The first-order chi connectivity index (χ1) is 10.8. The molecular formula is C15H17F3N2O3. The largest absolute Gasteiger partial charge is 0.417 e. The third-order valence-corrected chi connectivity index (χ3v) is 3.53. The molecule has 2 rings (SSSR count). The van der Waals surface area contributed by atoms with E-state index in [1.54, 1.807) is 0 Å². The number of carbonyl (C=O) groups is 2. The fourth-order valence-corrected chi connectivity index (χ4v) is 2.29. The normalized spacial score (nSPS) is 14.4. The lowest BCUT2D eigenvalue weighted by molar-refractivity contribution is -0.137. The molecule has 0 spiro atoms. The van der Waals surface area contributed by atoms with Crippen LogP contribution in [0.2, 0.25) is 0 Å². The van der Waals surface area contributed by atoms with Gasteiger partial charge in [-0.1, -0.05) is 12.1 Å². The van der Waals surface area contributed by atoms with E-state index in [0.29, 0.717) is 0 Å². The van der Waals surface area contributed by atoms with Crippen LogP contribution < -0.4 is 5.32 Å². The molecule has 5 nitrogen and oxygen atoms in total. The van der Waals surface area contributed by atoms with Gasteiger partial charge in [-0.15, -0.1) is 0 Å². The fourth-order valence-electron chi connectivity index (χ4n) is 2.29. The van der Waals surface area contributed by atoms with Crippen molar-refractivity contribution in [2.75, 3.05) is 19.7 Å². The predicted octanol–water partition coefficient (Wildman–Crippen LogP) is 1.42. The Morgan fingerprint density at radius 2 is 1.91 bits per heavy atom. The van der Waals surface area contributed by atoms with Crippen LogP contribution in [0.5, 0.6) is 0 Å². The summed E-state index contributed by atoms with van der Waals surface area (Å²) in [5.74, 6) is -1.37. The summed E-state index contributed by atoms with van der Waals surface area (Å²) >= 11 is 0. The SMILES string of the molecule is O=C(NCC(=O)N(CCO)C1CC1)c1ccccc1C(F)(F)F. The van der Waals surface area contributed by atoms with Gasteiger partial charge in [-0.05, 0) is 25.0 Å². The summed E-state index contributed by atoms with van der Waals surface area (Å²) in [5.41, 5.74) is -1.56. The van der Waals surface area contributed by atoms with Gasteiger partial charge in [-0.3, -0.25) is 9.59 Å². The first-order valence-corrected chi connectivity index (χ1v) is 7.19. The van der Waals surface area contributed by atoms with Gasteiger partial charge in [0, 0.05) is 12.6 Å². The Morgan fingerprint density at radius 3 is 2.48 bits per heavy atom. The van der Waals surface area contributed by atoms with Gasteiger partial charge >= 0.3 is 6.18 Å². The average Bonchev–Trinajstić information content (AvgIpc) is 3.33. The van der Waals surface area contributed by atoms with E-state index in [4.69, 9.17) is 5.11 Å². The number of nitrogens with one attached hydrogen (secondary N) is 1. The molecule has 1 aliphatic rings. The number of aliphatic hydroxyl groups is 1. The number of benzene rings is 1. The highest BCUT2D eigenvalue weighted by molar-refractivity contribution is 5.97. The van der Waals surface area contributed by atoms with E-state index >= 15 is 0 Å². The van der Waals surface area contributed by atoms with E-state index in [1.165, 1.54) is 17.0 Å². The monoisotopic (exact) mass is 330 g/mol. The molecule has 0 aliphatic heterocycles. The highest BCUT2D eigenvalue weighted by Crippen LogP contribution is 2.31. The maximum absolute atomic E-state index is 12.9. The van der Waals surface area contributed by atoms with Crippen LogP contribution in [0, 0.1) is 0 Å². The number of hydrogen-bond donors (Lipinski definition) is 2. The van der Waals surface area contributed by atoms with Crippen LogP contribution in [0.25, 0.3) is 0 Å². The van der Waals surface area contributed by atoms with Crippen LogP contribution in [-0.4, -0.2) is 47.6 Å². The Labute approximate surface area is 131 Å². The van der Waals surface area contributed by atoms with E-state index in [-0.39, 0.29) is 19.2 Å². The summed E-state index contributed by atoms with van der Waals surface area (Å²) in [4.78, 5) is 25.4. The van der Waals surface area contributed by atoms with Crippen LogP contribution in [0.15, 0.2) is 24.3 Å². The Morgan fingerprint density at radius 1 is 1.26 bits per heavy atom. The van der Waals surface area contributed by atoms with Crippen molar-refractivity contribution in [3.63, 3.8) is 0 Å². The van der Waals surface area contributed by atoms with Gasteiger partial charge in [0.15, 0.2) is 0 Å². The van der Waals surface area contributed by atoms with Gasteiger partial charge < -0.3 is 15.3 Å². The van der Waals surface area contributed by atoms with Gasteiger partial charge in [0.2, 0.25) is 5.91 Å². The Kier molecular flexibility index (Phi) is 5.25. The van der Waals surface area contributed by atoms with Crippen LogP contribution in [-0.2, 0) is 11.0 Å². The summed E-state index contributed by atoms with van der Waals surface area (Å²) in [5, 5.41) is 11.2. The summed E-state index contributed by atoms with van der Waals surface area (Å²) in [6.45, 7) is -0.451. The van der Waals surface area contributed by atoms with Crippen LogP contribution in [0.1, 0.15) is 28.8 Å². The number of aliphatic hydroxyl groups excluding tert-OH is 1. The Balaban J connectivity index is 2.01. The van der Waals surface area contributed by atoms with Gasteiger partial charge in [0.25, 0.3) is 5.91 Å². The summed E-state index contributed by atoms with van der Waals surface area (Å²) < 4.78 is 38.6. The number of nitrogens with zero attached hydrogens (tertiary/aromatic N) is 1. The fraction of sp³-hybridized carbons (Fsp3) is 0.467. The molecule has 8 heteroatoms. The topological polar surface area (TPSA) is 69.6 Å². The van der Waals surface area contributed by atoms with Crippen molar-refractivity contribution in [3.05, 3.63) is 35.4 Å². The molecule has 0 heterocycles. The molecule has 2 N–H and O–H groups in total. The maximum atomic E-state index is 12.9. The van der Waals surface area contributed by atoms with Crippen molar-refractivity contribution < 1.29 is 27.9 Å². The minimum absolute atomic E-state index is 0.0500. The summed E-state index contributed by atoms with van der Waals surface area (Å²) in [6.07, 6.45) is -2.98. The van der Waals surface area contributed by atoms with E-state index in [2.05, 4.69) is 5.32 Å². The first kappa shape index (κ1) is 17.3. The van der Waals surface area contributed by atoms with E-state index < -0.39 is 35.7 Å². The zero-order chi connectivity index (χ0) is 17.0. The molecule has 0 aromatic heterocycles. The van der Waals surface area contributed by atoms with E-state index in [9.17, 15) is 22.8 Å². The summed E-state index contributed by atoms with van der Waals surface area (Å²) in [6, 6.07) is 4.46. The van der Waals surface area contributed by atoms with Gasteiger partial charge in [0.05, 0.1) is 24.3 Å².